The molecular weight excluding hydrogens is 270 g/mol. The van der Waals surface area contributed by atoms with Gasteiger partial charge in [0.15, 0.2) is 0 Å². The highest BCUT2D eigenvalue weighted by atomic mass is 15.2. The number of hydrogen-bond donors (Lipinski definition) is 0. The van der Waals surface area contributed by atoms with Crippen molar-refractivity contribution in [2.45, 2.75) is 57.9 Å². The van der Waals surface area contributed by atoms with Gasteiger partial charge in [-0.15, -0.1) is 0 Å². The van der Waals surface area contributed by atoms with E-state index in [1.165, 1.54) is 22.0 Å². The Morgan fingerprint density at radius 3 is 2.55 bits per heavy atom. The maximum Gasteiger partial charge on any atom is 0.295 e. The second-order valence-electron chi connectivity index (χ2n) is 6.78. The van der Waals surface area contributed by atoms with Gasteiger partial charge in [-0.05, 0) is 37.8 Å². The van der Waals surface area contributed by atoms with Crippen LogP contribution >= 0.6 is 0 Å². The van der Waals surface area contributed by atoms with Gasteiger partial charge in [-0.1, -0.05) is 20.8 Å². The fraction of sp³-hybridized carbons (Fsp3) is 0.474. The van der Waals surface area contributed by atoms with Crippen molar-refractivity contribution in [2.24, 2.45) is 0 Å². The molecule has 0 saturated carbocycles. The largest absolute Gasteiger partial charge is 0.295 e. The third kappa shape index (κ3) is 1.29. The zero-order valence-corrected chi connectivity index (χ0v) is 13.9. The second kappa shape index (κ2) is 4.31. The normalized spacial score (nSPS) is 22.7. The van der Waals surface area contributed by atoms with E-state index >= 15 is 0 Å². The van der Waals surface area contributed by atoms with E-state index in [0.717, 1.165) is 19.3 Å². The van der Waals surface area contributed by atoms with Crippen LogP contribution in [-0.4, -0.2) is 9.38 Å². The van der Waals surface area contributed by atoms with Crippen LogP contribution in [-0.2, 0) is 11.0 Å². The average molecular weight is 294 g/mol. The number of imidazole rings is 1. The highest BCUT2D eigenvalue weighted by Gasteiger charge is 2.55. The molecule has 1 aliphatic rings. The molecule has 0 aliphatic carbocycles. The van der Waals surface area contributed by atoms with E-state index in [1.807, 2.05) is 6.20 Å². The standard InChI is InChI=1S/C19H24N3/c1-5-18(4)19(6-2,7-3)15-13-20-12-14-8-9-21-10-11-22(18)17(21)16(14)15/h8-13H,5-7H2,1-4H3/q+1. The molecule has 4 heterocycles. The van der Waals surface area contributed by atoms with Gasteiger partial charge in [0.1, 0.15) is 17.9 Å². The summed E-state index contributed by atoms with van der Waals surface area (Å²) in [6, 6.07) is 2.19. The molecule has 0 amide bonds. The molecule has 1 atom stereocenters. The first-order chi connectivity index (χ1) is 10.6. The Balaban J connectivity index is 2.30. The molecule has 0 bridgehead atoms. The first kappa shape index (κ1) is 13.7. The van der Waals surface area contributed by atoms with Gasteiger partial charge in [0.05, 0.1) is 11.6 Å². The first-order valence-electron chi connectivity index (χ1n) is 8.43. The molecule has 0 saturated heterocycles. The second-order valence-corrected chi connectivity index (χ2v) is 6.78. The summed E-state index contributed by atoms with van der Waals surface area (Å²) in [5.41, 5.74) is 2.96. The molecule has 0 radical (unpaired) electrons. The van der Waals surface area contributed by atoms with Crippen LogP contribution in [0.2, 0.25) is 0 Å². The van der Waals surface area contributed by atoms with Crippen molar-refractivity contribution >= 4 is 16.4 Å². The lowest BCUT2D eigenvalue weighted by atomic mass is 9.59. The quantitative estimate of drug-likeness (QED) is 0.670. The van der Waals surface area contributed by atoms with Crippen molar-refractivity contribution in [1.82, 2.24) is 9.38 Å². The molecule has 3 aromatic rings. The van der Waals surface area contributed by atoms with Crippen LogP contribution in [0.4, 0.5) is 0 Å². The average Bonchev–Trinajstić information content (AvgIpc) is 3.00. The Hall–Kier alpha value is -1.90. The van der Waals surface area contributed by atoms with Crippen molar-refractivity contribution in [1.29, 1.82) is 0 Å². The van der Waals surface area contributed by atoms with E-state index in [9.17, 15) is 0 Å². The molecule has 3 aromatic heterocycles. The Morgan fingerprint density at radius 1 is 1.09 bits per heavy atom. The third-order valence-corrected chi connectivity index (χ3v) is 6.44. The van der Waals surface area contributed by atoms with Crippen LogP contribution in [0.3, 0.4) is 0 Å². The summed E-state index contributed by atoms with van der Waals surface area (Å²) in [7, 11) is 0. The fourth-order valence-electron chi connectivity index (χ4n) is 4.97. The summed E-state index contributed by atoms with van der Waals surface area (Å²) in [6.07, 6.45) is 14.1. The van der Waals surface area contributed by atoms with Crippen molar-refractivity contribution in [3.63, 3.8) is 0 Å². The summed E-state index contributed by atoms with van der Waals surface area (Å²) >= 11 is 0. The van der Waals surface area contributed by atoms with Crippen LogP contribution < -0.4 is 4.57 Å². The minimum Gasteiger partial charge on any atom is -0.264 e. The number of rotatable bonds is 3. The molecule has 0 aromatic carbocycles. The lowest BCUT2D eigenvalue weighted by Crippen LogP contribution is -2.66. The van der Waals surface area contributed by atoms with Gasteiger partial charge >= 0.3 is 0 Å². The molecule has 3 nitrogen and oxygen atoms in total. The summed E-state index contributed by atoms with van der Waals surface area (Å²) < 4.78 is 4.78. The van der Waals surface area contributed by atoms with E-state index in [2.05, 4.69) is 72.5 Å². The SMILES string of the molecule is CCC1(CC)c2cncc3ccn4cc[n+](c4c23)C1(C)CC. The smallest absolute Gasteiger partial charge is 0.264 e. The van der Waals surface area contributed by atoms with Crippen LogP contribution in [0, 0.1) is 0 Å². The van der Waals surface area contributed by atoms with Crippen molar-refractivity contribution < 1.29 is 4.57 Å². The number of nitrogens with zero attached hydrogens (tertiary/aromatic N) is 3. The molecule has 0 fully saturated rings. The van der Waals surface area contributed by atoms with Crippen molar-refractivity contribution in [2.75, 3.05) is 0 Å². The van der Waals surface area contributed by atoms with E-state index in [-0.39, 0.29) is 11.0 Å². The Labute approximate surface area is 131 Å². The van der Waals surface area contributed by atoms with Gasteiger partial charge in [0.25, 0.3) is 5.65 Å². The molecule has 22 heavy (non-hydrogen) atoms. The van der Waals surface area contributed by atoms with E-state index in [4.69, 9.17) is 0 Å². The van der Waals surface area contributed by atoms with Gasteiger partial charge in [0.2, 0.25) is 0 Å². The molecule has 1 unspecified atom stereocenters. The van der Waals surface area contributed by atoms with Gasteiger partial charge < -0.3 is 0 Å². The summed E-state index contributed by atoms with van der Waals surface area (Å²) in [4.78, 5) is 4.58. The Morgan fingerprint density at radius 2 is 1.86 bits per heavy atom. The minimum absolute atomic E-state index is 0.0789. The summed E-state index contributed by atoms with van der Waals surface area (Å²) in [5, 5.41) is 2.64. The van der Waals surface area contributed by atoms with E-state index < -0.39 is 0 Å². The maximum atomic E-state index is 4.58. The van der Waals surface area contributed by atoms with Crippen LogP contribution in [0.1, 0.15) is 52.5 Å². The predicted octanol–water partition coefficient (Wildman–Crippen LogP) is 3.97. The number of hydrogen-bond acceptors (Lipinski definition) is 1. The maximum absolute atomic E-state index is 4.58. The van der Waals surface area contributed by atoms with E-state index in [0.29, 0.717) is 0 Å². The van der Waals surface area contributed by atoms with Crippen molar-refractivity contribution in [3.05, 3.63) is 42.6 Å². The minimum atomic E-state index is 0.0789. The summed E-state index contributed by atoms with van der Waals surface area (Å²) in [6.45, 7) is 9.41. The molecular formula is C19H24N3+. The molecule has 0 N–H and O–H groups in total. The van der Waals surface area contributed by atoms with Gasteiger partial charge in [-0.2, -0.15) is 0 Å². The van der Waals surface area contributed by atoms with Crippen LogP contribution in [0.5, 0.6) is 0 Å². The zero-order valence-electron chi connectivity index (χ0n) is 13.9. The van der Waals surface area contributed by atoms with Crippen LogP contribution in [0.15, 0.2) is 37.1 Å². The lowest BCUT2D eigenvalue weighted by molar-refractivity contribution is -0.751. The zero-order chi connectivity index (χ0) is 15.5. The van der Waals surface area contributed by atoms with Gasteiger partial charge in [-0.3, -0.25) is 4.98 Å². The molecule has 114 valence electrons. The summed E-state index contributed by atoms with van der Waals surface area (Å²) in [5.74, 6) is 0. The monoisotopic (exact) mass is 294 g/mol. The third-order valence-electron chi connectivity index (χ3n) is 6.44. The topological polar surface area (TPSA) is 21.2 Å². The van der Waals surface area contributed by atoms with Gasteiger partial charge in [-0.25, -0.2) is 8.97 Å². The Bertz CT molecular complexity index is 873. The first-order valence-corrected chi connectivity index (χ1v) is 8.43. The fourth-order valence-corrected chi connectivity index (χ4v) is 4.97. The van der Waals surface area contributed by atoms with Gasteiger partial charge in [0, 0.05) is 23.2 Å². The highest BCUT2D eigenvalue weighted by molar-refractivity contribution is 5.96. The van der Waals surface area contributed by atoms with E-state index in [1.54, 1.807) is 0 Å². The van der Waals surface area contributed by atoms with Crippen molar-refractivity contribution in [3.8, 4) is 0 Å². The lowest BCUT2D eigenvalue weighted by Gasteiger charge is -2.48. The number of aromatic nitrogens is 3. The molecule has 1 aliphatic heterocycles. The number of pyridine rings is 2. The van der Waals surface area contributed by atoms with Crippen LogP contribution in [0.25, 0.3) is 16.4 Å². The molecule has 4 rings (SSSR count). The highest BCUT2D eigenvalue weighted by Crippen LogP contribution is 2.50. The Kier molecular flexibility index (Phi) is 2.69. The molecule has 0 spiro atoms. The molecule has 3 heteroatoms. The predicted molar refractivity (Wildman–Crippen MR) is 89.1 cm³/mol.